The number of aliphatic hydroxyl groups is 1. The molecule has 57 nitrogen and oxygen atoms in total. The number of nitrogens with one attached hydrogen (secondary N) is 4. The number of hydrogen-bond acceptors (Lipinski definition) is 44. The molecule has 8 aromatic rings. The summed E-state index contributed by atoms with van der Waals surface area (Å²) in [4.78, 5) is 154. The van der Waals surface area contributed by atoms with Crippen LogP contribution < -0.4 is 45.2 Å². The maximum absolute atomic E-state index is 15.7. The fourth-order valence-electron chi connectivity index (χ4n) is 16.1. The third-order valence-electron chi connectivity index (χ3n) is 22.4. The second-order valence-corrected chi connectivity index (χ2v) is 35.3. The molecule has 16 heterocycles. The molecule has 19 atom stereocenters. The Hall–Kier alpha value is -7.64. The minimum atomic E-state index is -6.04. The van der Waals surface area contributed by atoms with Crippen molar-refractivity contribution in [3.05, 3.63) is 66.7 Å². The molecule has 0 amide bonds. The first-order valence-electron chi connectivity index (χ1n) is 38.6. The van der Waals surface area contributed by atoms with Crippen LogP contribution in [0, 0.1) is 0 Å². The summed E-state index contributed by atoms with van der Waals surface area (Å²) >= 11 is 0. The lowest BCUT2D eigenvalue weighted by atomic mass is 10.1. The lowest BCUT2D eigenvalue weighted by Gasteiger charge is -2.40. The molecular formula is C64H90N20O37P4. The number of methoxy groups -OCH3 is 4. The number of ether oxygens (including phenoxy) is 16. The minimum Gasteiger partial charge on any atom is -0.387 e. The molecular weight excluding hydrogens is 1760 g/mol. The van der Waals surface area contributed by atoms with E-state index in [2.05, 4.69) is 59.8 Å². The molecule has 16 rings (SSSR count). The minimum absolute atomic E-state index is 0.00560. The number of H-pyrrole nitrogens is 4. The third-order valence-corrected chi connectivity index (χ3v) is 25.8. The Kier molecular flexibility index (Phi) is 26.1. The molecule has 18 N–H and O–H groups in total. The number of hydrogen-bond donors (Lipinski definition) is 14. The van der Waals surface area contributed by atoms with E-state index in [1.165, 1.54) is 33.0 Å². The topological polar surface area (TPSA) is 760 Å². The normalized spacial score (nSPS) is 30.4. The van der Waals surface area contributed by atoms with Crippen LogP contribution in [0.2, 0.25) is 0 Å². The van der Waals surface area contributed by atoms with Crippen molar-refractivity contribution < 1.29 is 155 Å². The fraction of sp³-hybridized carbons (Fsp3) is 0.688. The van der Waals surface area contributed by atoms with Crippen LogP contribution in [0.1, 0.15) is 76.3 Å². The van der Waals surface area contributed by atoms with Gasteiger partial charge in [0.1, 0.15) is 73.2 Å². The van der Waals surface area contributed by atoms with E-state index in [0.717, 1.165) is 39.0 Å². The van der Waals surface area contributed by atoms with Crippen LogP contribution in [0.4, 0.5) is 23.8 Å². The molecule has 0 spiro atoms. The molecule has 0 radical (unpaired) electrons. The molecule has 61 heteroatoms. The summed E-state index contributed by atoms with van der Waals surface area (Å²) in [6.45, 7) is -4.39. The van der Waals surface area contributed by atoms with Gasteiger partial charge in [-0.05, 0) is 0 Å². The number of imidazole rings is 4. The molecule has 19 unspecified atom stereocenters. The van der Waals surface area contributed by atoms with Gasteiger partial charge in [0.2, 0.25) is 23.8 Å². The number of aliphatic hydroxyl groups excluding tert-OH is 1. The highest BCUT2D eigenvalue weighted by Crippen LogP contribution is 2.57. The smallest absolute Gasteiger partial charge is 0.387 e. The Morgan fingerprint density at radius 1 is 0.376 bits per heavy atom. The van der Waals surface area contributed by atoms with Gasteiger partial charge in [0, 0.05) is 79.8 Å². The maximum Gasteiger partial charge on any atom is 0.472 e. The number of fused-ring (bicyclic) bond motifs is 4. The van der Waals surface area contributed by atoms with Crippen molar-refractivity contribution in [1.82, 2.24) is 78.1 Å². The molecule has 8 saturated heterocycles. The summed E-state index contributed by atoms with van der Waals surface area (Å²) in [5.41, 5.74) is 18.8. The molecule has 0 saturated carbocycles. The summed E-state index contributed by atoms with van der Waals surface area (Å²) in [5.74, 6) is -8.11. The Balaban J connectivity index is 0.744. The van der Waals surface area contributed by atoms with Gasteiger partial charge in [0.25, 0.3) is 22.2 Å². The van der Waals surface area contributed by atoms with Crippen LogP contribution in [-0.4, -0.2) is 312 Å². The monoisotopic (exact) mass is 1850 g/mol. The van der Waals surface area contributed by atoms with Crippen LogP contribution in [0.15, 0.2) is 44.5 Å². The molecule has 688 valence electrons. The van der Waals surface area contributed by atoms with E-state index in [4.69, 9.17) is 130 Å². The average molecular weight is 1860 g/mol. The predicted molar refractivity (Wildman–Crippen MR) is 411 cm³/mol. The Morgan fingerprint density at radius 2 is 0.608 bits per heavy atom. The number of nitrogens with zero attached hydrogens (tertiary/aromatic N) is 12. The fourth-order valence-corrected chi connectivity index (χ4v) is 19.3. The standard InChI is InChI=1S/C64H90N20O37P4/c1-99-61(5-13-103-14-6-61)115-41-37(85)29(111-53(41)81-25-69-33-45(81)73-57(65)77-49(33)86)21-108-123(93,94)120-39-31(113-55(43(39)117-63(101-3)9-17-105-18-10-63)83-27-71-35-47(83)75-59(67)79-51(35)88)23-110-125(97,98)121-40-32(114-56(44(40)118-64(102-4)11-19-106-20-12-64)84-28-72-36-48(84)76-60(68)80-52(36)89)24-109-124(95,96)119-38-30(22-107-122(90,91)92)112-54(42(38)116-62(100-2)7-15-104-16-8-62)82-26-70-34-46(82)74-58(66)78-50(34)87/h25-32,37-44,53-56,85H,5-24H2,1-4H3,(H,93,94)(H,95,96)(H,97,98)(H2,90,91,92)(H3,65,73,77,86)(H3,66,74,78,87)(H3,67,75,79,88)(H3,68,76,80,89). The first-order chi connectivity index (χ1) is 59.5. The quantitative estimate of drug-likeness (QED) is 0.0147. The molecule has 8 fully saturated rings. The van der Waals surface area contributed by atoms with Crippen molar-refractivity contribution in [3.8, 4) is 0 Å². The Bertz CT molecular complexity index is 5670. The van der Waals surface area contributed by atoms with Crippen LogP contribution in [0.3, 0.4) is 0 Å². The summed E-state index contributed by atoms with van der Waals surface area (Å²) < 4.78 is 203. The zero-order chi connectivity index (χ0) is 88.5. The number of nitrogens with two attached hydrogens (primary N) is 4. The number of phosphoric ester groups is 4. The van der Waals surface area contributed by atoms with Crippen LogP contribution in [-0.2, 0) is 126 Å². The van der Waals surface area contributed by atoms with Crippen molar-refractivity contribution in [2.45, 2.75) is 173 Å². The molecule has 125 heavy (non-hydrogen) atoms. The zero-order valence-electron chi connectivity index (χ0n) is 66.5. The second-order valence-electron chi connectivity index (χ2n) is 29.9. The number of aromatic amines is 4. The zero-order valence-corrected chi connectivity index (χ0v) is 70.1. The highest BCUT2D eigenvalue weighted by atomic mass is 31.2. The van der Waals surface area contributed by atoms with Gasteiger partial charge < -0.3 is 128 Å². The van der Waals surface area contributed by atoms with Crippen molar-refractivity contribution in [1.29, 1.82) is 0 Å². The van der Waals surface area contributed by atoms with Crippen molar-refractivity contribution in [3.63, 3.8) is 0 Å². The summed E-state index contributed by atoms with van der Waals surface area (Å²) in [6.07, 6.45) is -25.2. The predicted octanol–water partition coefficient (Wildman–Crippen LogP) is -2.43. The van der Waals surface area contributed by atoms with E-state index < -0.39 is 219 Å². The SMILES string of the molecule is COC1(OC2C(O)C(COP(=O)(O)OC3C(COP(=O)(O)OC4C(COP(=O)(O)OC5C(COP(=O)(O)O)OC(n6cnc7c(=O)[nH]c(N)nc76)C5OC5(OC)CCOCC5)OC(n5cnc6c(=O)[nH]c(N)nc65)C4OC4(OC)CCOCC4)OC(n4cnc5c(=O)[nH]c(N)nc54)C3OC3(OC)CCOCC3)OC2n2cnc3c(=O)[nH]c(N)nc32)CCOCC1. The molecule has 8 aliphatic rings. The summed E-state index contributed by atoms with van der Waals surface area (Å²) in [5, 5.41) is 12.3. The molecule has 0 bridgehead atoms. The van der Waals surface area contributed by atoms with Gasteiger partial charge in [-0.3, -0.25) is 89.0 Å². The average Bonchev–Trinajstić information content (AvgIpc) is 1.61. The number of rotatable bonds is 34. The lowest BCUT2D eigenvalue weighted by molar-refractivity contribution is -0.293. The van der Waals surface area contributed by atoms with Gasteiger partial charge in [-0.2, -0.15) is 19.9 Å². The molecule has 0 aliphatic carbocycles. The van der Waals surface area contributed by atoms with Crippen LogP contribution >= 0.6 is 31.3 Å². The summed E-state index contributed by atoms with van der Waals surface area (Å²) in [7, 11) is -18.0. The van der Waals surface area contributed by atoms with E-state index in [9.17, 15) is 53.3 Å². The van der Waals surface area contributed by atoms with Crippen molar-refractivity contribution >= 4 is 99.7 Å². The highest BCUT2D eigenvalue weighted by molar-refractivity contribution is 7.48. The number of anilines is 4. The number of phosphoric acid groups is 4. The van der Waals surface area contributed by atoms with Gasteiger partial charge >= 0.3 is 31.3 Å². The molecule has 8 aromatic heterocycles. The Morgan fingerprint density at radius 3 is 0.864 bits per heavy atom. The molecule has 0 aromatic carbocycles. The van der Waals surface area contributed by atoms with Gasteiger partial charge in [-0.25, -0.2) is 38.2 Å². The van der Waals surface area contributed by atoms with E-state index >= 15 is 13.7 Å². The van der Waals surface area contributed by atoms with Crippen molar-refractivity contribution in [2.24, 2.45) is 0 Å². The molecule has 8 aliphatic heterocycles. The number of aromatic nitrogens is 16. The Labute approximate surface area is 700 Å². The first-order valence-corrected chi connectivity index (χ1v) is 44.7. The van der Waals surface area contributed by atoms with Gasteiger partial charge in [0.15, 0.2) is 92.7 Å². The van der Waals surface area contributed by atoms with Crippen LogP contribution in [0.5, 0.6) is 0 Å². The van der Waals surface area contributed by atoms with E-state index in [1.54, 1.807) is 0 Å². The van der Waals surface area contributed by atoms with Crippen LogP contribution in [0.25, 0.3) is 44.7 Å². The van der Waals surface area contributed by atoms with Gasteiger partial charge in [0.05, 0.1) is 105 Å². The summed E-state index contributed by atoms with van der Waals surface area (Å²) in [6, 6.07) is 0. The van der Waals surface area contributed by atoms with Gasteiger partial charge in [-0.1, -0.05) is 0 Å². The third kappa shape index (κ3) is 19.0. The lowest BCUT2D eigenvalue weighted by Crippen LogP contribution is -2.49. The van der Waals surface area contributed by atoms with Gasteiger partial charge in [-0.15, -0.1) is 0 Å². The second kappa shape index (κ2) is 36.0. The number of nitrogen functional groups attached to an aromatic ring is 4. The van der Waals surface area contributed by atoms with E-state index in [1.807, 2.05) is 0 Å². The first kappa shape index (κ1) is 90.7. The largest absolute Gasteiger partial charge is 0.472 e. The highest BCUT2D eigenvalue weighted by Gasteiger charge is 2.61. The maximum atomic E-state index is 15.7. The van der Waals surface area contributed by atoms with E-state index in [-0.39, 0.29) is 155 Å². The van der Waals surface area contributed by atoms with E-state index in [0.29, 0.717) is 0 Å². The van der Waals surface area contributed by atoms with Crippen molar-refractivity contribution in [2.75, 3.05) is 131 Å².